The summed E-state index contributed by atoms with van der Waals surface area (Å²) in [5.74, 6) is 0.469. The molecule has 1 amide bonds. The number of amides is 1. The van der Waals surface area contributed by atoms with Gasteiger partial charge in [0.2, 0.25) is 0 Å². The fourth-order valence-corrected chi connectivity index (χ4v) is 2.77. The third-order valence-electron chi connectivity index (χ3n) is 2.87. The second-order valence-corrected chi connectivity index (χ2v) is 7.04. The van der Waals surface area contributed by atoms with Crippen molar-refractivity contribution in [1.29, 1.82) is 0 Å². The Hall–Kier alpha value is -1.62. The molecule has 108 valence electrons. The zero-order valence-corrected chi connectivity index (χ0v) is 13.4. The summed E-state index contributed by atoms with van der Waals surface area (Å²) >= 11 is 1.45. The number of carbonyl (C=O) groups is 1. The normalized spacial score (nSPS) is 11.7. The van der Waals surface area contributed by atoms with Crippen molar-refractivity contribution >= 4 is 22.4 Å². The van der Waals surface area contributed by atoms with E-state index in [0.717, 1.165) is 17.7 Å². The van der Waals surface area contributed by atoms with Gasteiger partial charge < -0.3 is 4.42 Å². The maximum absolute atomic E-state index is 12.2. The molecule has 0 aliphatic carbocycles. The Kier molecular flexibility index (Phi) is 3.99. The molecule has 0 fully saturated rings. The molecule has 0 unspecified atom stereocenters. The van der Waals surface area contributed by atoms with Gasteiger partial charge >= 0.3 is 0 Å². The van der Waals surface area contributed by atoms with Crippen LogP contribution in [0.5, 0.6) is 0 Å². The number of carbonyl (C=O) groups excluding carboxylic acids is 1. The van der Waals surface area contributed by atoms with Crippen LogP contribution in [0.25, 0.3) is 0 Å². The van der Waals surface area contributed by atoms with Crippen LogP contribution in [0.1, 0.15) is 48.1 Å². The first-order chi connectivity index (χ1) is 9.26. The van der Waals surface area contributed by atoms with Crippen LogP contribution in [0.2, 0.25) is 0 Å². The number of nitrogens with one attached hydrogen (secondary N) is 1. The average molecular weight is 292 g/mol. The first-order valence-corrected chi connectivity index (χ1v) is 7.45. The van der Waals surface area contributed by atoms with Crippen molar-refractivity contribution in [2.75, 3.05) is 5.32 Å². The number of hydrogen-bond donors (Lipinski definition) is 1. The second-order valence-electron chi connectivity index (χ2n) is 6.19. The van der Waals surface area contributed by atoms with E-state index in [1.54, 1.807) is 13.2 Å². The lowest BCUT2D eigenvalue weighted by Crippen LogP contribution is -2.14. The molecule has 2 aromatic rings. The summed E-state index contributed by atoms with van der Waals surface area (Å²) in [7, 11) is 0. The highest BCUT2D eigenvalue weighted by molar-refractivity contribution is 7.14. The van der Waals surface area contributed by atoms with Crippen LogP contribution in [-0.4, -0.2) is 10.9 Å². The van der Waals surface area contributed by atoms with E-state index in [-0.39, 0.29) is 11.3 Å². The van der Waals surface area contributed by atoms with E-state index in [4.69, 9.17) is 4.42 Å². The lowest BCUT2D eigenvalue weighted by molar-refractivity contribution is 0.102. The van der Waals surface area contributed by atoms with Crippen molar-refractivity contribution < 1.29 is 9.21 Å². The smallest absolute Gasteiger partial charge is 0.261 e. The fourth-order valence-electron chi connectivity index (χ4n) is 2.06. The molecule has 4 nitrogen and oxygen atoms in total. The Morgan fingerprint density at radius 1 is 1.40 bits per heavy atom. The highest BCUT2D eigenvalue weighted by Crippen LogP contribution is 2.25. The molecule has 0 spiro atoms. The van der Waals surface area contributed by atoms with E-state index in [0.29, 0.717) is 16.5 Å². The van der Waals surface area contributed by atoms with Crippen molar-refractivity contribution in [3.05, 3.63) is 34.2 Å². The van der Waals surface area contributed by atoms with Crippen LogP contribution in [-0.2, 0) is 6.42 Å². The van der Waals surface area contributed by atoms with E-state index in [2.05, 4.69) is 31.1 Å². The van der Waals surface area contributed by atoms with Crippen LogP contribution < -0.4 is 5.32 Å². The first kappa shape index (κ1) is 14.8. The van der Waals surface area contributed by atoms with Crippen molar-refractivity contribution in [2.24, 2.45) is 5.41 Å². The number of rotatable bonds is 3. The highest BCUT2D eigenvalue weighted by Gasteiger charge is 2.18. The van der Waals surface area contributed by atoms with Crippen LogP contribution in [0, 0.1) is 19.3 Å². The molecule has 2 heterocycles. The van der Waals surface area contributed by atoms with Gasteiger partial charge in [-0.1, -0.05) is 20.8 Å². The number of nitrogens with zero attached hydrogens (tertiary/aromatic N) is 1. The minimum Gasteiger partial charge on any atom is -0.469 e. The van der Waals surface area contributed by atoms with E-state index in [1.165, 1.54) is 11.3 Å². The SMILES string of the molecule is Cc1coc(C)c1C(=O)Nc1nc(CC(C)(C)C)cs1. The van der Waals surface area contributed by atoms with Gasteiger partial charge in [-0.15, -0.1) is 11.3 Å². The Bertz CT molecular complexity index is 601. The molecule has 0 aliphatic heterocycles. The lowest BCUT2D eigenvalue weighted by atomic mass is 9.91. The van der Waals surface area contributed by atoms with Crippen molar-refractivity contribution in [3.63, 3.8) is 0 Å². The molecule has 0 saturated carbocycles. The Morgan fingerprint density at radius 2 is 2.10 bits per heavy atom. The van der Waals surface area contributed by atoms with Gasteiger partial charge in [0, 0.05) is 10.9 Å². The molecule has 0 atom stereocenters. The minimum atomic E-state index is -0.162. The molecule has 0 aliphatic rings. The zero-order valence-electron chi connectivity index (χ0n) is 12.5. The maximum atomic E-state index is 12.2. The molecule has 2 aromatic heterocycles. The van der Waals surface area contributed by atoms with Crippen LogP contribution in [0.4, 0.5) is 5.13 Å². The molecule has 1 N–H and O–H groups in total. The van der Waals surface area contributed by atoms with Crippen LogP contribution in [0.3, 0.4) is 0 Å². The first-order valence-electron chi connectivity index (χ1n) is 6.57. The minimum absolute atomic E-state index is 0.162. The van der Waals surface area contributed by atoms with E-state index < -0.39 is 0 Å². The zero-order chi connectivity index (χ0) is 14.9. The number of thiazole rings is 1. The van der Waals surface area contributed by atoms with Crippen LogP contribution in [0.15, 0.2) is 16.1 Å². The maximum Gasteiger partial charge on any atom is 0.261 e. The quantitative estimate of drug-likeness (QED) is 0.922. The molecule has 20 heavy (non-hydrogen) atoms. The third kappa shape index (κ3) is 3.48. The molecule has 0 aromatic carbocycles. The predicted molar refractivity (Wildman–Crippen MR) is 81.4 cm³/mol. The largest absolute Gasteiger partial charge is 0.469 e. The topological polar surface area (TPSA) is 55.1 Å². The molecular weight excluding hydrogens is 272 g/mol. The van der Waals surface area contributed by atoms with Gasteiger partial charge in [-0.3, -0.25) is 10.1 Å². The number of aromatic nitrogens is 1. The third-order valence-corrected chi connectivity index (χ3v) is 3.68. The monoisotopic (exact) mass is 292 g/mol. The average Bonchev–Trinajstić information content (AvgIpc) is 2.84. The number of anilines is 1. The van der Waals surface area contributed by atoms with E-state index >= 15 is 0 Å². The Morgan fingerprint density at radius 3 is 2.65 bits per heavy atom. The van der Waals surface area contributed by atoms with Crippen molar-refractivity contribution in [3.8, 4) is 0 Å². The summed E-state index contributed by atoms with van der Waals surface area (Å²) in [6.07, 6.45) is 2.49. The van der Waals surface area contributed by atoms with Gasteiger partial charge in [0.05, 0.1) is 17.5 Å². The molecule has 2 rings (SSSR count). The lowest BCUT2D eigenvalue weighted by Gasteiger charge is -2.15. The summed E-state index contributed by atoms with van der Waals surface area (Å²) in [5, 5.41) is 5.47. The van der Waals surface area contributed by atoms with Gasteiger partial charge in [-0.25, -0.2) is 4.98 Å². The number of aryl methyl sites for hydroxylation is 2. The van der Waals surface area contributed by atoms with E-state index in [1.807, 2.05) is 12.3 Å². The van der Waals surface area contributed by atoms with Crippen molar-refractivity contribution in [1.82, 2.24) is 4.98 Å². The molecule has 0 saturated heterocycles. The summed E-state index contributed by atoms with van der Waals surface area (Å²) in [5.41, 5.74) is 2.63. The van der Waals surface area contributed by atoms with Crippen LogP contribution >= 0.6 is 11.3 Å². The second kappa shape index (κ2) is 5.40. The Balaban J connectivity index is 2.09. The summed E-state index contributed by atoms with van der Waals surface area (Å²) in [6.45, 7) is 10.2. The van der Waals surface area contributed by atoms with Crippen molar-refractivity contribution in [2.45, 2.75) is 41.0 Å². The van der Waals surface area contributed by atoms with Gasteiger partial charge in [-0.2, -0.15) is 0 Å². The van der Waals surface area contributed by atoms with Gasteiger partial charge in [-0.05, 0) is 25.7 Å². The molecule has 0 bridgehead atoms. The van der Waals surface area contributed by atoms with Gasteiger partial charge in [0.1, 0.15) is 5.76 Å². The highest BCUT2D eigenvalue weighted by atomic mass is 32.1. The summed E-state index contributed by atoms with van der Waals surface area (Å²) in [6, 6.07) is 0. The summed E-state index contributed by atoms with van der Waals surface area (Å²) < 4.78 is 5.25. The summed E-state index contributed by atoms with van der Waals surface area (Å²) in [4.78, 5) is 16.7. The standard InChI is InChI=1S/C15H20N2O2S/c1-9-7-19-10(2)12(9)13(18)17-14-16-11(8-20-14)6-15(3,4)5/h7-8H,6H2,1-5H3,(H,16,17,18). The number of hydrogen-bond acceptors (Lipinski definition) is 4. The molecular formula is C15H20N2O2S. The number of furan rings is 1. The fraction of sp³-hybridized carbons (Fsp3) is 0.467. The van der Waals surface area contributed by atoms with E-state index in [9.17, 15) is 4.79 Å². The predicted octanol–water partition coefficient (Wildman–Crippen LogP) is 4.19. The van der Waals surface area contributed by atoms with Gasteiger partial charge in [0.25, 0.3) is 5.91 Å². The Labute approximate surface area is 123 Å². The molecule has 5 heteroatoms. The molecule has 0 radical (unpaired) electrons. The van der Waals surface area contributed by atoms with Gasteiger partial charge in [0.15, 0.2) is 5.13 Å².